The van der Waals surface area contributed by atoms with Crippen molar-refractivity contribution in [2.45, 2.75) is 6.23 Å². The molecule has 3 N–H and O–H groups in total. The third-order valence-electron chi connectivity index (χ3n) is 0.987. The molecule has 50 valence electrons. The number of aliphatic imine (C=N–C) groups is 1. The number of aliphatic hydroxyl groups excluding tert-OH is 1. The topological polar surface area (TPSA) is 73.7 Å². The summed E-state index contributed by atoms with van der Waals surface area (Å²) >= 11 is 0. The van der Waals surface area contributed by atoms with Crippen LogP contribution in [0.15, 0.2) is 4.99 Å². The van der Waals surface area contributed by atoms with Gasteiger partial charge in [-0.2, -0.15) is 0 Å². The first-order valence-corrected chi connectivity index (χ1v) is 2.46. The van der Waals surface area contributed by atoms with E-state index in [-0.39, 0.29) is 0 Å². The van der Waals surface area contributed by atoms with Crippen LogP contribution in [0.5, 0.6) is 0 Å². The number of nitrogens with zero attached hydrogens (tertiary/aromatic N) is 1. The molecule has 0 spiro atoms. The summed E-state index contributed by atoms with van der Waals surface area (Å²) in [5.74, 6) is -0.150. The largest absolute Gasteiger partial charge is 0.365 e. The van der Waals surface area contributed by atoms with Crippen molar-refractivity contribution in [1.82, 2.24) is 10.6 Å². The molecule has 1 heterocycles. The number of nitrogens with one attached hydrogen (secondary N) is 2. The fourth-order valence-corrected chi connectivity index (χ4v) is 0.537. The van der Waals surface area contributed by atoms with E-state index in [4.69, 9.17) is 5.11 Å². The van der Waals surface area contributed by atoms with E-state index >= 15 is 0 Å². The predicted molar refractivity (Wildman–Crippen MR) is 30.6 cm³/mol. The summed E-state index contributed by atoms with van der Waals surface area (Å²) in [6.45, 7) is 0. The van der Waals surface area contributed by atoms with Gasteiger partial charge in [-0.25, -0.2) is 0 Å². The Morgan fingerprint density at radius 3 is 2.67 bits per heavy atom. The highest BCUT2D eigenvalue weighted by molar-refractivity contribution is 6.05. The van der Waals surface area contributed by atoms with Gasteiger partial charge >= 0.3 is 0 Å². The number of carbonyl (C=O) groups excluding carboxylic acids is 1. The van der Waals surface area contributed by atoms with Crippen molar-refractivity contribution in [2.75, 3.05) is 7.05 Å². The average molecular weight is 129 g/mol. The van der Waals surface area contributed by atoms with E-state index in [9.17, 15) is 4.79 Å². The fraction of sp³-hybridized carbons (Fsp3) is 0.500. The lowest BCUT2D eigenvalue weighted by Gasteiger charge is -1.93. The molecule has 1 aliphatic heterocycles. The SMILES string of the molecule is CN=C1NC(=O)[C@H](O)N1. The molecule has 0 aromatic heterocycles. The van der Waals surface area contributed by atoms with Gasteiger partial charge in [-0.05, 0) is 0 Å². The maximum Gasteiger partial charge on any atom is 0.276 e. The lowest BCUT2D eigenvalue weighted by molar-refractivity contribution is -0.126. The molecular weight excluding hydrogens is 122 g/mol. The molecule has 0 aliphatic carbocycles. The van der Waals surface area contributed by atoms with Gasteiger partial charge in [0.25, 0.3) is 5.91 Å². The van der Waals surface area contributed by atoms with Crippen LogP contribution in [-0.2, 0) is 4.79 Å². The van der Waals surface area contributed by atoms with Gasteiger partial charge in [0.05, 0.1) is 0 Å². The smallest absolute Gasteiger partial charge is 0.276 e. The minimum atomic E-state index is -1.14. The Hall–Kier alpha value is -1.10. The molecule has 0 saturated carbocycles. The molecule has 1 saturated heterocycles. The van der Waals surface area contributed by atoms with Crippen molar-refractivity contribution in [1.29, 1.82) is 0 Å². The number of hydrogen-bond acceptors (Lipinski definition) is 3. The monoisotopic (exact) mass is 129 g/mol. The first-order valence-electron chi connectivity index (χ1n) is 2.46. The quantitative estimate of drug-likeness (QED) is 0.354. The molecular formula is C4H7N3O2. The van der Waals surface area contributed by atoms with E-state index in [1.54, 1.807) is 0 Å². The summed E-state index contributed by atoms with van der Waals surface area (Å²) < 4.78 is 0. The zero-order valence-electron chi connectivity index (χ0n) is 4.88. The van der Waals surface area contributed by atoms with Crippen LogP contribution in [-0.4, -0.2) is 30.2 Å². The fourth-order valence-electron chi connectivity index (χ4n) is 0.537. The molecule has 0 unspecified atom stereocenters. The second kappa shape index (κ2) is 2.02. The van der Waals surface area contributed by atoms with Crippen LogP contribution in [0.25, 0.3) is 0 Å². The lowest BCUT2D eigenvalue weighted by atomic mass is 10.6. The van der Waals surface area contributed by atoms with Gasteiger partial charge in [0.15, 0.2) is 5.96 Å². The third-order valence-corrected chi connectivity index (χ3v) is 0.987. The molecule has 1 atom stereocenters. The van der Waals surface area contributed by atoms with Gasteiger partial charge in [0.2, 0.25) is 6.23 Å². The first kappa shape index (κ1) is 6.03. The normalized spacial score (nSPS) is 30.2. The predicted octanol–water partition coefficient (Wildman–Crippen LogP) is -1.99. The van der Waals surface area contributed by atoms with Crippen LogP contribution in [0.1, 0.15) is 0 Å². The van der Waals surface area contributed by atoms with E-state index in [0.717, 1.165) is 0 Å². The van der Waals surface area contributed by atoms with Gasteiger partial charge in [0, 0.05) is 7.05 Å². The molecule has 5 heteroatoms. The Morgan fingerprint density at radius 2 is 2.44 bits per heavy atom. The molecule has 1 rings (SSSR count). The van der Waals surface area contributed by atoms with E-state index in [1.165, 1.54) is 7.05 Å². The van der Waals surface area contributed by atoms with E-state index in [1.807, 2.05) is 0 Å². The van der Waals surface area contributed by atoms with Crippen molar-refractivity contribution < 1.29 is 9.90 Å². The van der Waals surface area contributed by atoms with Crippen molar-refractivity contribution >= 4 is 11.9 Å². The highest BCUT2D eigenvalue weighted by Gasteiger charge is 2.24. The Labute approximate surface area is 51.8 Å². The molecule has 0 radical (unpaired) electrons. The minimum absolute atomic E-state index is 0.313. The molecule has 0 aromatic rings. The van der Waals surface area contributed by atoms with Crippen molar-refractivity contribution in [3.05, 3.63) is 0 Å². The van der Waals surface area contributed by atoms with Crippen LogP contribution in [0.2, 0.25) is 0 Å². The van der Waals surface area contributed by atoms with Gasteiger partial charge < -0.3 is 10.4 Å². The zero-order chi connectivity index (χ0) is 6.85. The summed E-state index contributed by atoms with van der Waals surface area (Å²) in [6, 6.07) is 0. The zero-order valence-corrected chi connectivity index (χ0v) is 4.88. The van der Waals surface area contributed by atoms with Gasteiger partial charge in [-0.3, -0.25) is 15.1 Å². The molecule has 1 amide bonds. The highest BCUT2D eigenvalue weighted by atomic mass is 16.3. The molecule has 0 aromatic carbocycles. The van der Waals surface area contributed by atoms with Crippen molar-refractivity contribution in [3.8, 4) is 0 Å². The number of aliphatic hydroxyl groups is 1. The first-order chi connectivity index (χ1) is 4.24. The summed E-state index contributed by atoms with van der Waals surface area (Å²) in [5, 5.41) is 13.4. The van der Waals surface area contributed by atoms with Crippen molar-refractivity contribution in [2.24, 2.45) is 4.99 Å². The summed E-state index contributed by atoms with van der Waals surface area (Å²) in [5.41, 5.74) is 0. The molecule has 9 heavy (non-hydrogen) atoms. The maximum atomic E-state index is 10.4. The van der Waals surface area contributed by atoms with E-state index in [2.05, 4.69) is 15.6 Å². The number of rotatable bonds is 0. The van der Waals surface area contributed by atoms with Gasteiger partial charge in [-0.1, -0.05) is 0 Å². The van der Waals surface area contributed by atoms with Gasteiger partial charge in [-0.15, -0.1) is 0 Å². The third kappa shape index (κ3) is 0.996. The number of carbonyl (C=O) groups is 1. The maximum absolute atomic E-state index is 10.4. The van der Waals surface area contributed by atoms with Crippen LogP contribution in [0.3, 0.4) is 0 Å². The summed E-state index contributed by atoms with van der Waals surface area (Å²) in [7, 11) is 1.51. The second-order valence-corrected chi connectivity index (χ2v) is 1.61. The Kier molecular flexibility index (Phi) is 1.35. The highest BCUT2D eigenvalue weighted by Crippen LogP contribution is 1.85. The van der Waals surface area contributed by atoms with Crippen molar-refractivity contribution in [3.63, 3.8) is 0 Å². The Bertz CT molecular complexity index is 165. The number of hydrogen-bond donors (Lipinski definition) is 3. The molecule has 5 nitrogen and oxygen atoms in total. The standard InChI is InChI=1S/C4H7N3O2/c1-5-4-6-2(8)3(9)7-4/h2,8H,1H3,(H2,5,6,7,9)/t2-/m0/s1. The van der Waals surface area contributed by atoms with Crippen LogP contribution in [0, 0.1) is 0 Å². The van der Waals surface area contributed by atoms with Crippen LogP contribution in [0.4, 0.5) is 0 Å². The molecule has 1 aliphatic rings. The minimum Gasteiger partial charge on any atom is -0.365 e. The van der Waals surface area contributed by atoms with E-state index < -0.39 is 12.1 Å². The number of guanidine groups is 1. The molecule has 1 fully saturated rings. The average Bonchev–Trinajstić information content (AvgIpc) is 2.13. The molecule has 0 bridgehead atoms. The lowest BCUT2D eigenvalue weighted by Crippen LogP contribution is -2.28. The van der Waals surface area contributed by atoms with Crippen LogP contribution < -0.4 is 10.6 Å². The van der Waals surface area contributed by atoms with Gasteiger partial charge in [0.1, 0.15) is 0 Å². The van der Waals surface area contributed by atoms with Crippen LogP contribution >= 0.6 is 0 Å². The van der Waals surface area contributed by atoms with E-state index in [0.29, 0.717) is 5.96 Å². The summed E-state index contributed by atoms with van der Waals surface area (Å²) in [4.78, 5) is 14.0. The Morgan fingerprint density at radius 1 is 1.78 bits per heavy atom. The number of amides is 1. The second-order valence-electron chi connectivity index (χ2n) is 1.61. The summed E-state index contributed by atoms with van der Waals surface area (Å²) in [6.07, 6.45) is -1.14. The Balaban J connectivity index is 2.65.